The van der Waals surface area contributed by atoms with Crippen LogP contribution in [0.3, 0.4) is 0 Å². The maximum Gasteiger partial charge on any atom is 0.315 e. The topological polar surface area (TPSA) is 87.9 Å². The number of nitrogens with zero attached hydrogens (tertiary/aromatic N) is 1. The van der Waals surface area contributed by atoms with Gasteiger partial charge in [-0.3, -0.25) is 14.9 Å². The molecule has 1 heterocycles. The lowest BCUT2D eigenvalue weighted by Crippen LogP contribution is -2.17. The highest BCUT2D eigenvalue weighted by atomic mass is 35.5. The van der Waals surface area contributed by atoms with Gasteiger partial charge in [0.15, 0.2) is 11.5 Å². The van der Waals surface area contributed by atoms with E-state index in [9.17, 15) is 14.9 Å². The van der Waals surface area contributed by atoms with Crippen molar-refractivity contribution in [1.29, 1.82) is 0 Å². The summed E-state index contributed by atoms with van der Waals surface area (Å²) in [6.45, 7) is 0.808. The molecule has 0 saturated carbocycles. The zero-order valence-electron chi connectivity index (χ0n) is 12.7. The molecule has 0 fully saturated rings. The molecule has 0 saturated heterocycles. The van der Waals surface area contributed by atoms with Crippen LogP contribution >= 0.6 is 23.2 Å². The summed E-state index contributed by atoms with van der Waals surface area (Å²) >= 11 is 12.0. The molecule has 0 atom stereocenters. The van der Waals surface area contributed by atoms with E-state index in [0.717, 1.165) is 6.07 Å². The summed E-state index contributed by atoms with van der Waals surface area (Å²) < 4.78 is 16.0. The molecule has 0 aliphatic carbocycles. The molecule has 0 amide bonds. The van der Waals surface area contributed by atoms with Gasteiger partial charge >= 0.3 is 5.97 Å². The first-order chi connectivity index (χ1) is 11.9. The number of rotatable bonds is 4. The van der Waals surface area contributed by atoms with Gasteiger partial charge in [0.2, 0.25) is 0 Å². The van der Waals surface area contributed by atoms with Gasteiger partial charge in [-0.1, -0.05) is 23.2 Å². The van der Waals surface area contributed by atoms with Crippen molar-refractivity contribution >= 4 is 34.9 Å². The van der Waals surface area contributed by atoms with E-state index in [0.29, 0.717) is 35.3 Å². The number of esters is 1. The molecule has 0 spiro atoms. The minimum atomic E-state index is -0.594. The van der Waals surface area contributed by atoms with Gasteiger partial charge in [-0.25, -0.2) is 0 Å². The molecule has 0 aromatic heterocycles. The van der Waals surface area contributed by atoms with Crippen molar-refractivity contribution in [3.63, 3.8) is 0 Å². The van der Waals surface area contributed by atoms with Gasteiger partial charge in [-0.05, 0) is 23.8 Å². The number of carbonyl (C=O) groups is 1. The Labute approximate surface area is 152 Å². The summed E-state index contributed by atoms with van der Waals surface area (Å²) in [6.07, 6.45) is -0.0797. The molecule has 130 valence electrons. The zero-order chi connectivity index (χ0) is 18.0. The number of nitro benzene ring substituents is 1. The van der Waals surface area contributed by atoms with E-state index in [1.807, 2.05) is 0 Å². The number of ether oxygens (including phenoxy) is 3. The Hall–Kier alpha value is -2.51. The lowest BCUT2D eigenvalue weighted by Gasteiger charge is -2.20. The van der Waals surface area contributed by atoms with Crippen LogP contribution in [-0.4, -0.2) is 24.1 Å². The average Bonchev–Trinajstić information content (AvgIpc) is 2.56. The van der Waals surface area contributed by atoms with E-state index in [4.69, 9.17) is 37.4 Å². The molecule has 1 aliphatic rings. The monoisotopic (exact) mass is 383 g/mol. The fourth-order valence-electron chi connectivity index (χ4n) is 2.28. The first-order valence-corrected chi connectivity index (χ1v) is 7.92. The minimum absolute atomic E-state index is 0.0252. The van der Waals surface area contributed by atoms with E-state index in [-0.39, 0.29) is 22.9 Å². The second-order valence-corrected chi connectivity index (χ2v) is 5.94. The molecule has 25 heavy (non-hydrogen) atoms. The smallest absolute Gasteiger partial charge is 0.315 e. The second kappa shape index (κ2) is 7.16. The Morgan fingerprint density at radius 1 is 1.16 bits per heavy atom. The molecule has 2 aromatic rings. The molecule has 3 rings (SSSR count). The van der Waals surface area contributed by atoms with Crippen LogP contribution in [0, 0.1) is 10.1 Å². The third kappa shape index (κ3) is 3.94. The predicted octanol–water partition coefficient (Wildman–Crippen LogP) is 3.82. The summed E-state index contributed by atoms with van der Waals surface area (Å²) in [5.41, 5.74) is 0.390. The third-order valence-corrected chi connectivity index (χ3v) is 3.93. The fraction of sp³-hybridized carbons (Fsp3) is 0.188. The van der Waals surface area contributed by atoms with E-state index in [2.05, 4.69) is 0 Å². The zero-order valence-corrected chi connectivity index (χ0v) is 14.2. The van der Waals surface area contributed by atoms with Gasteiger partial charge < -0.3 is 14.2 Å². The molecule has 0 radical (unpaired) electrons. The quantitative estimate of drug-likeness (QED) is 0.345. The Kier molecular flexibility index (Phi) is 4.96. The summed E-state index contributed by atoms with van der Waals surface area (Å²) in [5.74, 6) is 0.364. The maximum absolute atomic E-state index is 12.1. The van der Waals surface area contributed by atoms with Crippen LogP contribution in [-0.2, 0) is 11.2 Å². The predicted molar refractivity (Wildman–Crippen MR) is 89.9 cm³/mol. The first kappa shape index (κ1) is 17.3. The number of carbonyl (C=O) groups excluding carboxylic acids is 1. The van der Waals surface area contributed by atoms with Crippen molar-refractivity contribution in [1.82, 2.24) is 0 Å². The Morgan fingerprint density at radius 2 is 1.92 bits per heavy atom. The highest BCUT2D eigenvalue weighted by Crippen LogP contribution is 2.38. The van der Waals surface area contributed by atoms with Crippen LogP contribution in [0.15, 0.2) is 30.3 Å². The van der Waals surface area contributed by atoms with Crippen LogP contribution in [0.1, 0.15) is 5.56 Å². The molecule has 1 aliphatic heterocycles. The molecule has 0 bridgehead atoms. The molecule has 9 heteroatoms. The number of halogens is 2. The number of non-ortho nitro benzene ring substituents is 1. The van der Waals surface area contributed by atoms with Crippen molar-refractivity contribution in [2.75, 3.05) is 13.2 Å². The number of hydrogen-bond donors (Lipinski definition) is 0. The third-order valence-electron chi connectivity index (χ3n) is 3.36. The second-order valence-electron chi connectivity index (χ2n) is 5.12. The van der Waals surface area contributed by atoms with Crippen LogP contribution in [0.4, 0.5) is 5.69 Å². The van der Waals surface area contributed by atoms with Gasteiger partial charge in [0.25, 0.3) is 5.69 Å². The van der Waals surface area contributed by atoms with Crippen molar-refractivity contribution < 1.29 is 23.9 Å². The average molecular weight is 384 g/mol. The highest BCUT2D eigenvalue weighted by Gasteiger charge is 2.19. The molecular weight excluding hydrogens is 373 g/mol. The minimum Gasteiger partial charge on any atom is -0.486 e. The van der Waals surface area contributed by atoms with E-state index >= 15 is 0 Å². The van der Waals surface area contributed by atoms with E-state index < -0.39 is 10.9 Å². The van der Waals surface area contributed by atoms with Crippen LogP contribution in [0.5, 0.6) is 17.2 Å². The molecule has 0 unspecified atom stereocenters. The molecule has 0 N–H and O–H groups in total. The van der Waals surface area contributed by atoms with Gasteiger partial charge in [0, 0.05) is 12.1 Å². The normalized spacial score (nSPS) is 12.6. The van der Waals surface area contributed by atoms with Gasteiger partial charge in [-0.2, -0.15) is 0 Å². The number of fused-ring (bicyclic) bond motifs is 1. The molecular formula is C16H11Cl2NO6. The Bertz CT molecular complexity index is 855. The van der Waals surface area contributed by atoms with E-state index in [1.54, 1.807) is 12.1 Å². The lowest BCUT2D eigenvalue weighted by atomic mass is 10.1. The summed E-state index contributed by atoms with van der Waals surface area (Å²) in [4.78, 5) is 22.2. The SMILES string of the molecule is O=C(Cc1cc(Cl)c2c(c1)OCCO2)Oc1ccc([N+](=O)[O-])cc1Cl. The summed E-state index contributed by atoms with van der Waals surface area (Å²) in [7, 11) is 0. The molecule has 2 aromatic carbocycles. The maximum atomic E-state index is 12.1. The van der Waals surface area contributed by atoms with E-state index in [1.165, 1.54) is 12.1 Å². The Morgan fingerprint density at radius 3 is 2.64 bits per heavy atom. The molecule has 7 nitrogen and oxygen atoms in total. The van der Waals surface area contributed by atoms with Gasteiger partial charge in [-0.15, -0.1) is 0 Å². The largest absolute Gasteiger partial charge is 0.486 e. The summed E-state index contributed by atoms with van der Waals surface area (Å²) in [5, 5.41) is 11.0. The van der Waals surface area contributed by atoms with Gasteiger partial charge in [0.1, 0.15) is 19.0 Å². The van der Waals surface area contributed by atoms with Crippen LogP contribution in [0.2, 0.25) is 10.0 Å². The van der Waals surface area contributed by atoms with Crippen molar-refractivity contribution in [2.45, 2.75) is 6.42 Å². The summed E-state index contributed by atoms with van der Waals surface area (Å²) in [6, 6.07) is 6.84. The van der Waals surface area contributed by atoms with Gasteiger partial charge in [0.05, 0.1) is 21.4 Å². The lowest BCUT2D eigenvalue weighted by molar-refractivity contribution is -0.384. The number of benzene rings is 2. The van der Waals surface area contributed by atoms with Crippen LogP contribution in [0.25, 0.3) is 0 Å². The fourth-order valence-corrected chi connectivity index (χ4v) is 2.78. The number of nitro groups is 1. The standard InChI is InChI=1S/C16H11Cl2NO6/c17-11-8-10(19(21)22)1-2-13(11)25-15(20)7-9-5-12(18)16-14(6-9)23-3-4-24-16/h1-2,5-6,8H,3-4,7H2. The highest BCUT2D eigenvalue weighted by molar-refractivity contribution is 6.32. The van der Waals surface area contributed by atoms with Crippen molar-refractivity contribution in [3.8, 4) is 17.2 Å². The number of hydrogen-bond acceptors (Lipinski definition) is 6. The Balaban J connectivity index is 1.73. The first-order valence-electron chi connectivity index (χ1n) is 7.16. The van der Waals surface area contributed by atoms with Crippen molar-refractivity contribution in [2.24, 2.45) is 0 Å². The van der Waals surface area contributed by atoms with Crippen molar-refractivity contribution in [3.05, 3.63) is 56.1 Å². The van der Waals surface area contributed by atoms with Crippen LogP contribution < -0.4 is 14.2 Å².